The second kappa shape index (κ2) is 11.9. The second-order valence-corrected chi connectivity index (χ2v) is 9.61. The van der Waals surface area contributed by atoms with Crippen molar-refractivity contribution in [1.82, 2.24) is 19.1 Å². The van der Waals surface area contributed by atoms with Gasteiger partial charge in [-0.05, 0) is 35.4 Å². The van der Waals surface area contributed by atoms with Gasteiger partial charge in [0.15, 0.2) is 5.69 Å². The number of furan rings is 1. The molecule has 3 aromatic heterocycles. The van der Waals surface area contributed by atoms with Crippen LogP contribution in [0.3, 0.4) is 0 Å². The van der Waals surface area contributed by atoms with Crippen LogP contribution in [0, 0.1) is 19.1 Å². The molecular formula is C36H24IrN4O. The van der Waals surface area contributed by atoms with E-state index in [0.717, 1.165) is 50.4 Å². The SMILES string of the molecule is Cc1ccc([N+]2=C=[N+](c3[c-]ccc4c3oc3ncccc34)c3ccccc32)cc1.[Ir].[c-]1ccccc1-c1ccccn1. The van der Waals surface area contributed by atoms with Gasteiger partial charge in [-0.15, -0.1) is 42.0 Å². The van der Waals surface area contributed by atoms with Gasteiger partial charge < -0.3 is 9.40 Å². The first-order chi connectivity index (χ1) is 20.3. The van der Waals surface area contributed by atoms with Crippen LogP contribution in [0.4, 0.5) is 22.7 Å². The van der Waals surface area contributed by atoms with Crippen molar-refractivity contribution in [3.63, 3.8) is 0 Å². The molecule has 0 unspecified atom stereocenters. The largest absolute Gasteiger partial charge is 0.501 e. The van der Waals surface area contributed by atoms with Gasteiger partial charge >= 0.3 is 6.01 Å². The first-order valence-electron chi connectivity index (χ1n) is 13.3. The Morgan fingerprint density at radius 3 is 2.19 bits per heavy atom. The minimum absolute atomic E-state index is 0. The predicted octanol–water partition coefficient (Wildman–Crippen LogP) is 8.49. The van der Waals surface area contributed by atoms with Crippen LogP contribution in [-0.2, 0) is 20.1 Å². The van der Waals surface area contributed by atoms with Gasteiger partial charge in [0.25, 0.3) is 11.4 Å². The Morgan fingerprint density at radius 1 is 0.667 bits per heavy atom. The third-order valence-corrected chi connectivity index (χ3v) is 6.92. The Bertz CT molecular complexity index is 2040. The number of aryl methyl sites for hydroxylation is 1. The topological polar surface area (TPSA) is 44.9 Å². The van der Waals surface area contributed by atoms with Crippen molar-refractivity contribution in [2.24, 2.45) is 0 Å². The molecular weight excluding hydrogens is 697 g/mol. The van der Waals surface area contributed by atoms with Crippen molar-refractivity contribution >= 4 is 50.8 Å². The molecule has 8 rings (SSSR count). The maximum atomic E-state index is 6.13. The van der Waals surface area contributed by atoms with Crippen molar-refractivity contribution in [3.05, 3.63) is 145 Å². The standard InChI is InChI=1S/C25H16N3O.C11H8N.Ir/c1-17-11-13-18(14-12-17)27-16-28(22-9-3-2-8-21(22)27)23-10-4-6-19-20-7-5-15-26-25(20)29-24(19)23;1-2-6-10(7-3-1)11-8-4-5-9-12-11;/h2-9,11-15H,1H3;1-6,8-9H;/q+1;-1;. The zero-order chi connectivity index (χ0) is 27.6. The van der Waals surface area contributed by atoms with Crippen molar-refractivity contribution in [2.75, 3.05) is 0 Å². The summed E-state index contributed by atoms with van der Waals surface area (Å²) in [6, 6.07) is 48.3. The first-order valence-corrected chi connectivity index (χ1v) is 13.3. The summed E-state index contributed by atoms with van der Waals surface area (Å²) in [4.78, 5) is 8.59. The molecule has 0 amide bonds. The van der Waals surface area contributed by atoms with Gasteiger partial charge in [0.2, 0.25) is 11.4 Å². The quantitative estimate of drug-likeness (QED) is 0.136. The third kappa shape index (κ3) is 5.11. The predicted molar refractivity (Wildman–Crippen MR) is 164 cm³/mol. The first kappa shape index (κ1) is 27.2. The summed E-state index contributed by atoms with van der Waals surface area (Å²) in [6.45, 7) is 2.09. The molecule has 203 valence electrons. The van der Waals surface area contributed by atoms with Crippen molar-refractivity contribution in [3.8, 4) is 11.3 Å². The number of pyridine rings is 2. The molecule has 1 aliphatic rings. The van der Waals surface area contributed by atoms with Gasteiger partial charge in [0, 0.05) is 62.2 Å². The molecule has 0 N–H and O–H groups in total. The van der Waals surface area contributed by atoms with Crippen LogP contribution in [0.15, 0.2) is 132 Å². The summed E-state index contributed by atoms with van der Waals surface area (Å²) < 4.78 is 10.2. The minimum atomic E-state index is 0. The average Bonchev–Trinajstić information content (AvgIpc) is 3.62. The number of hydrogen-bond acceptors (Lipinski definition) is 3. The fourth-order valence-corrected chi connectivity index (χ4v) is 4.91. The van der Waals surface area contributed by atoms with Gasteiger partial charge in [-0.25, -0.2) is 4.98 Å². The van der Waals surface area contributed by atoms with E-state index in [-0.39, 0.29) is 20.1 Å². The zero-order valence-corrected chi connectivity index (χ0v) is 25.0. The van der Waals surface area contributed by atoms with Crippen LogP contribution in [0.5, 0.6) is 0 Å². The van der Waals surface area contributed by atoms with Crippen LogP contribution in [0.1, 0.15) is 5.56 Å². The van der Waals surface area contributed by atoms with E-state index in [2.05, 4.69) is 76.0 Å². The molecule has 0 aliphatic carbocycles. The van der Waals surface area contributed by atoms with E-state index < -0.39 is 0 Å². The maximum Gasteiger partial charge on any atom is 0.501 e. The summed E-state index contributed by atoms with van der Waals surface area (Å²) >= 11 is 0. The monoisotopic (exact) mass is 721 g/mol. The minimum Gasteiger partial charge on any atom is -0.495 e. The van der Waals surface area contributed by atoms with E-state index >= 15 is 0 Å². The van der Waals surface area contributed by atoms with Gasteiger partial charge in [0.1, 0.15) is 0 Å². The molecule has 4 heterocycles. The van der Waals surface area contributed by atoms with E-state index in [9.17, 15) is 0 Å². The summed E-state index contributed by atoms with van der Waals surface area (Å²) in [5, 5.41) is 2.02. The number of benzene rings is 4. The Balaban J connectivity index is 0.000000205. The molecule has 4 aromatic carbocycles. The third-order valence-electron chi connectivity index (χ3n) is 6.92. The fourth-order valence-electron chi connectivity index (χ4n) is 4.91. The molecule has 0 atom stereocenters. The van der Waals surface area contributed by atoms with Crippen molar-refractivity contribution in [2.45, 2.75) is 6.92 Å². The average molecular weight is 721 g/mol. The van der Waals surface area contributed by atoms with E-state index in [1.807, 2.05) is 83.4 Å². The Hall–Kier alpha value is -4.99. The summed E-state index contributed by atoms with van der Waals surface area (Å²) in [5.74, 6) is 0. The van der Waals surface area contributed by atoms with E-state index in [4.69, 9.17) is 4.42 Å². The van der Waals surface area contributed by atoms with E-state index in [1.165, 1.54) is 5.56 Å². The van der Waals surface area contributed by atoms with Crippen LogP contribution in [-0.4, -0.2) is 16.0 Å². The van der Waals surface area contributed by atoms with Gasteiger partial charge in [-0.3, -0.25) is 0 Å². The van der Waals surface area contributed by atoms with E-state index in [1.54, 1.807) is 12.4 Å². The molecule has 5 nitrogen and oxygen atoms in total. The molecule has 0 saturated carbocycles. The number of fused-ring (bicyclic) bond motifs is 4. The van der Waals surface area contributed by atoms with Crippen LogP contribution < -0.4 is 9.15 Å². The van der Waals surface area contributed by atoms with Crippen LogP contribution in [0.2, 0.25) is 0 Å². The van der Waals surface area contributed by atoms with Gasteiger partial charge in [0.05, 0.1) is 5.58 Å². The van der Waals surface area contributed by atoms with Crippen LogP contribution >= 0.6 is 0 Å². The van der Waals surface area contributed by atoms with Gasteiger partial charge in [-0.2, -0.15) is 12.1 Å². The smallest absolute Gasteiger partial charge is 0.495 e. The fraction of sp³-hybridized carbons (Fsp3) is 0.0278. The maximum absolute atomic E-state index is 6.13. The molecule has 6 heteroatoms. The number of nitrogens with zero attached hydrogens (tertiary/aromatic N) is 4. The Morgan fingerprint density at radius 2 is 1.43 bits per heavy atom. The summed E-state index contributed by atoms with van der Waals surface area (Å²) in [6.07, 6.45) is 3.53. The number of hydrogen-bond donors (Lipinski definition) is 0. The molecule has 1 radical (unpaired) electrons. The van der Waals surface area contributed by atoms with Gasteiger partial charge in [-0.1, -0.05) is 51.9 Å². The molecule has 0 fully saturated rings. The molecule has 42 heavy (non-hydrogen) atoms. The second-order valence-electron chi connectivity index (χ2n) is 9.61. The van der Waals surface area contributed by atoms with Crippen molar-refractivity contribution in [1.29, 1.82) is 0 Å². The summed E-state index contributed by atoms with van der Waals surface area (Å²) in [7, 11) is 0. The molecule has 0 saturated heterocycles. The molecule has 0 spiro atoms. The number of rotatable bonds is 3. The molecule has 7 aromatic rings. The molecule has 1 aliphatic heterocycles. The van der Waals surface area contributed by atoms with Crippen LogP contribution in [0.25, 0.3) is 33.3 Å². The Kier molecular flexibility index (Phi) is 7.68. The number of aromatic nitrogens is 2. The number of para-hydroxylation sites is 2. The molecule has 0 bridgehead atoms. The Labute approximate surface area is 257 Å². The summed E-state index contributed by atoms with van der Waals surface area (Å²) in [5.41, 5.74) is 8.61. The van der Waals surface area contributed by atoms with Crippen molar-refractivity contribution < 1.29 is 24.5 Å². The normalized spacial score (nSPS) is 11.6. The zero-order valence-electron chi connectivity index (χ0n) is 22.7. The van der Waals surface area contributed by atoms with E-state index in [0.29, 0.717) is 5.71 Å².